The van der Waals surface area contributed by atoms with Gasteiger partial charge in [-0.2, -0.15) is 0 Å². The summed E-state index contributed by atoms with van der Waals surface area (Å²) in [5.41, 5.74) is 0. The predicted octanol–water partition coefficient (Wildman–Crippen LogP) is 1.63. The molecule has 3 nitrogen and oxygen atoms in total. The molecule has 1 aliphatic heterocycles. The van der Waals surface area contributed by atoms with Crippen molar-refractivity contribution in [2.45, 2.75) is 56.7 Å². The number of hydrogen-bond acceptors (Lipinski definition) is 3. The SMILES string of the molecule is COC1CC(NCCC2CCCCN2C)C1. The van der Waals surface area contributed by atoms with Gasteiger partial charge in [0.15, 0.2) is 0 Å². The summed E-state index contributed by atoms with van der Waals surface area (Å²) in [6.45, 7) is 2.47. The molecule has 94 valence electrons. The van der Waals surface area contributed by atoms with Crippen molar-refractivity contribution in [1.29, 1.82) is 0 Å². The lowest BCUT2D eigenvalue weighted by Crippen LogP contribution is -2.46. The Bertz CT molecular complexity index is 204. The third-order valence-corrected chi connectivity index (χ3v) is 4.26. The lowest BCUT2D eigenvalue weighted by molar-refractivity contribution is 0.0168. The van der Waals surface area contributed by atoms with Crippen LogP contribution in [0.4, 0.5) is 0 Å². The van der Waals surface area contributed by atoms with Gasteiger partial charge in [0.05, 0.1) is 6.10 Å². The standard InChI is InChI=1S/C13H26N2O/c1-15-8-4-3-5-12(15)6-7-14-11-9-13(10-11)16-2/h11-14H,3-10H2,1-2H3. The third kappa shape index (κ3) is 3.19. The van der Waals surface area contributed by atoms with E-state index in [1.165, 1.54) is 51.6 Å². The van der Waals surface area contributed by atoms with Crippen molar-refractivity contribution < 1.29 is 4.74 Å². The highest BCUT2D eigenvalue weighted by molar-refractivity contribution is 4.86. The fraction of sp³-hybridized carbons (Fsp3) is 1.00. The molecule has 16 heavy (non-hydrogen) atoms. The minimum absolute atomic E-state index is 0.523. The van der Waals surface area contributed by atoms with Crippen LogP contribution in [0.1, 0.15) is 38.5 Å². The fourth-order valence-electron chi connectivity index (χ4n) is 2.89. The molecule has 0 amide bonds. The molecule has 1 atom stereocenters. The monoisotopic (exact) mass is 226 g/mol. The third-order valence-electron chi connectivity index (χ3n) is 4.26. The summed E-state index contributed by atoms with van der Waals surface area (Å²) in [6, 6.07) is 1.54. The summed E-state index contributed by atoms with van der Waals surface area (Å²) >= 11 is 0. The van der Waals surface area contributed by atoms with Crippen molar-refractivity contribution >= 4 is 0 Å². The minimum Gasteiger partial charge on any atom is -0.381 e. The van der Waals surface area contributed by atoms with Gasteiger partial charge in [0.2, 0.25) is 0 Å². The first-order chi connectivity index (χ1) is 7.79. The maximum Gasteiger partial charge on any atom is 0.0601 e. The molecule has 1 aliphatic carbocycles. The largest absolute Gasteiger partial charge is 0.381 e. The second kappa shape index (κ2) is 5.99. The van der Waals surface area contributed by atoms with Crippen molar-refractivity contribution in [3.63, 3.8) is 0 Å². The normalized spacial score (nSPS) is 36.0. The zero-order valence-corrected chi connectivity index (χ0v) is 10.7. The average molecular weight is 226 g/mol. The fourth-order valence-corrected chi connectivity index (χ4v) is 2.89. The smallest absolute Gasteiger partial charge is 0.0601 e. The van der Waals surface area contributed by atoms with Crippen LogP contribution in [0.15, 0.2) is 0 Å². The summed E-state index contributed by atoms with van der Waals surface area (Å²) in [7, 11) is 4.09. The molecule has 1 unspecified atom stereocenters. The van der Waals surface area contributed by atoms with Crippen molar-refractivity contribution in [3.8, 4) is 0 Å². The first-order valence-electron chi connectivity index (χ1n) is 6.76. The Hall–Kier alpha value is -0.120. The molecular formula is C13H26N2O. The highest BCUT2D eigenvalue weighted by atomic mass is 16.5. The van der Waals surface area contributed by atoms with Crippen LogP contribution in [-0.2, 0) is 4.74 Å². The molecule has 0 bridgehead atoms. The van der Waals surface area contributed by atoms with Crippen LogP contribution in [0.2, 0.25) is 0 Å². The Morgan fingerprint density at radius 3 is 2.81 bits per heavy atom. The van der Waals surface area contributed by atoms with Crippen molar-refractivity contribution in [2.24, 2.45) is 0 Å². The molecule has 3 heteroatoms. The van der Waals surface area contributed by atoms with Crippen molar-refractivity contribution in [1.82, 2.24) is 10.2 Å². The Labute approximate surface area is 99.5 Å². The molecule has 0 aromatic heterocycles. The molecule has 0 spiro atoms. The second-order valence-electron chi connectivity index (χ2n) is 5.40. The summed E-state index contributed by atoms with van der Waals surface area (Å²) in [5.74, 6) is 0. The van der Waals surface area contributed by atoms with Crippen LogP contribution >= 0.6 is 0 Å². The summed E-state index contributed by atoms with van der Waals surface area (Å²) < 4.78 is 5.28. The molecule has 0 aromatic rings. The summed E-state index contributed by atoms with van der Waals surface area (Å²) in [6.07, 6.45) is 8.44. The van der Waals surface area contributed by atoms with Crippen LogP contribution in [0.3, 0.4) is 0 Å². The van der Waals surface area contributed by atoms with E-state index in [4.69, 9.17) is 4.74 Å². The molecule has 0 aromatic carbocycles. The molecular weight excluding hydrogens is 200 g/mol. The van der Waals surface area contributed by atoms with Gasteiger partial charge in [-0.25, -0.2) is 0 Å². The Balaban J connectivity index is 1.54. The molecule has 1 saturated carbocycles. The van der Waals surface area contributed by atoms with E-state index in [0.29, 0.717) is 6.10 Å². The highest BCUT2D eigenvalue weighted by Crippen LogP contribution is 2.23. The van der Waals surface area contributed by atoms with Crippen LogP contribution in [0, 0.1) is 0 Å². The van der Waals surface area contributed by atoms with Gasteiger partial charge in [-0.05, 0) is 52.2 Å². The van der Waals surface area contributed by atoms with E-state index in [1.807, 2.05) is 7.11 Å². The average Bonchev–Trinajstić information content (AvgIpc) is 2.24. The van der Waals surface area contributed by atoms with E-state index in [9.17, 15) is 0 Å². The van der Waals surface area contributed by atoms with Crippen LogP contribution in [0.25, 0.3) is 0 Å². The van der Waals surface area contributed by atoms with Crippen LogP contribution < -0.4 is 5.32 Å². The number of ether oxygens (including phenoxy) is 1. The maximum absolute atomic E-state index is 5.28. The van der Waals surface area contributed by atoms with E-state index >= 15 is 0 Å². The second-order valence-corrected chi connectivity index (χ2v) is 5.40. The molecule has 1 N–H and O–H groups in total. The van der Waals surface area contributed by atoms with Crippen LogP contribution in [-0.4, -0.2) is 50.3 Å². The van der Waals surface area contributed by atoms with E-state index in [-0.39, 0.29) is 0 Å². The number of methoxy groups -OCH3 is 1. The van der Waals surface area contributed by atoms with Gasteiger partial charge in [0, 0.05) is 19.2 Å². The van der Waals surface area contributed by atoms with Gasteiger partial charge in [-0.15, -0.1) is 0 Å². The molecule has 1 saturated heterocycles. The van der Waals surface area contributed by atoms with Gasteiger partial charge in [0.1, 0.15) is 0 Å². The van der Waals surface area contributed by atoms with E-state index < -0.39 is 0 Å². The minimum atomic E-state index is 0.523. The maximum atomic E-state index is 5.28. The Morgan fingerprint density at radius 1 is 1.31 bits per heavy atom. The highest BCUT2D eigenvalue weighted by Gasteiger charge is 2.28. The van der Waals surface area contributed by atoms with E-state index in [2.05, 4.69) is 17.3 Å². The number of rotatable bonds is 5. The lowest BCUT2D eigenvalue weighted by atomic mass is 9.89. The van der Waals surface area contributed by atoms with Crippen LogP contribution in [0.5, 0.6) is 0 Å². The first kappa shape index (κ1) is 12.3. The predicted molar refractivity (Wildman–Crippen MR) is 66.7 cm³/mol. The zero-order chi connectivity index (χ0) is 11.4. The lowest BCUT2D eigenvalue weighted by Gasteiger charge is -2.36. The topological polar surface area (TPSA) is 24.5 Å². The number of piperidine rings is 1. The van der Waals surface area contributed by atoms with Gasteiger partial charge in [-0.3, -0.25) is 0 Å². The molecule has 1 heterocycles. The van der Waals surface area contributed by atoms with Crippen molar-refractivity contribution in [2.75, 3.05) is 27.2 Å². The van der Waals surface area contributed by atoms with Gasteiger partial charge >= 0.3 is 0 Å². The summed E-state index contributed by atoms with van der Waals surface area (Å²) in [5, 5.41) is 3.64. The molecule has 2 fully saturated rings. The van der Waals surface area contributed by atoms with Gasteiger partial charge in [0.25, 0.3) is 0 Å². The van der Waals surface area contributed by atoms with Gasteiger partial charge < -0.3 is 15.0 Å². The molecule has 2 aliphatic rings. The number of nitrogens with one attached hydrogen (secondary N) is 1. The number of nitrogens with zero attached hydrogens (tertiary/aromatic N) is 1. The number of likely N-dealkylation sites (tertiary alicyclic amines) is 1. The van der Waals surface area contributed by atoms with Crippen molar-refractivity contribution in [3.05, 3.63) is 0 Å². The Kier molecular flexibility index (Phi) is 4.62. The molecule has 2 rings (SSSR count). The first-order valence-corrected chi connectivity index (χ1v) is 6.76. The zero-order valence-electron chi connectivity index (χ0n) is 10.7. The summed E-state index contributed by atoms with van der Waals surface area (Å²) in [4.78, 5) is 2.53. The van der Waals surface area contributed by atoms with Gasteiger partial charge in [-0.1, -0.05) is 6.42 Å². The molecule has 0 radical (unpaired) electrons. The number of hydrogen-bond donors (Lipinski definition) is 1. The quantitative estimate of drug-likeness (QED) is 0.771. The van der Waals surface area contributed by atoms with E-state index in [0.717, 1.165) is 12.1 Å². The van der Waals surface area contributed by atoms with E-state index in [1.54, 1.807) is 0 Å². The Morgan fingerprint density at radius 2 is 2.12 bits per heavy atom.